The minimum atomic E-state index is 0.665. The summed E-state index contributed by atoms with van der Waals surface area (Å²) in [6.45, 7) is 0. The van der Waals surface area contributed by atoms with Gasteiger partial charge in [0.25, 0.3) is 0 Å². The van der Waals surface area contributed by atoms with Crippen LogP contribution < -0.4 is 0 Å². The van der Waals surface area contributed by atoms with Gasteiger partial charge in [0, 0.05) is 57.0 Å². The Morgan fingerprint density at radius 3 is 1.50 bits per heavy atom. The molecule has 3 aromatic heterocycles. The minimum absolute atomic E-state index is 0.665. The van der Waals surface area contributed by atoms with E-state index >= 15 is 0 Å². The molecule has 3 heterocycles. The molecule has 0 spiro atoms. The summed E-state index contributed by atoms with van der Waals surface area (Å²) in [6, 6.07) is 66.9. The Morgan fingerprint density at radius 2 is 0.804 bits per heavy atom. The van der Waals surface area contributed by atoms with Crippen LogP contribution in [0.5, 0.6) is 0 Å². The van der Waals surface area contributed by atoms with Crippen LogP contribution in [0, 0.1) is 0 Å². The second-order valence-corrected chi connectivity index (χ2v) is 16.1. The first-order chi connectivity index (χ1) is 27.7. The minimum Gasteiger partial charge on any atom is -0.208 e. The molecule has 262 valence electrons. The van der Waals surface area contributed by atoms with Crippen LogP contribution in [0.3, 0.4) is 0 Å². The van der Waals surface area contributed by atoms with Gasteiger partial charge in [-0.2, -0.15) is 0 Å². The molecule has 0 N–H and O–H groups in total. The summed E-state index contributed by atoms with van der Waals surface area (Å²) in [6.07, 6.45) is 0. The Balaban J connectivity index is 1.01. The molecule has 0 amide bonds. The molecule has 0 radical (unpaired) electrons. The fourth-order valence-electron chi connectivity index (χ4n) is 7.79. The lowest BCUT2D eigenvalue weighted by Crippen LogP contribution is -1.99. The molecular formula is C51H31N3S2. The summed E-state index contributed by atoms with van der Waals surface area (Å²) in [4.78, 5) is 14.9. The number of fused-ring (bicyclic) bond motifs is 6. The second kappa shape index (κ2) is 13.5. The molecular weight excluding hydrogens is 719 g/mol. The number of aromatic nitrogens is 3. The average Bonchev–Trinajstić information content (AvgIpc) is 3.85. The van der Waals surface area contributed by atoms with E-state index in [1.165, 1.54) is 73.7 Å². The summed E-state index contributed by atoms with van der Waals surface area (Å²) < 4.78 is 5.08. The topological polar surface area (TPSA) is 38.7 Å². The van der Waals surface area contributed by atoms with Crippen LogP contribution in [0.4, 0.5) is 0 Å². The highest BCUT2D eigenvalue weighted by Crippen LogP contribution is 2.46. The Labute approximate surface area is 331 Å². The highest BCUT2D eigenvalue weighted by Gasteiger charge is 2.18. The highest BCUT2D eigenvalue weighted by atomic mass is 32.1. The van der Waals surface area contributed by atoms with Gasteiger partial charge in [-0.1, -0.05) is 164 Å². The van der Waals surface area contributed by atoms with Gasteiger partial charge in [-0.05, 0) is 57.6 Å². The van der Waals surface area contributed by atoms with E-state index in [1.54, 1.807) is 0 Å². The molecule has 0 unspecified atom stereocenters. The molecule has 5 heteroatoms. The quantitative estimate of drug-likeness (QED) is 0.170. The third-order valence-corrected chi connectivity index (χ3v) is 12.9. The van der Waals surface area contributed by atoms with Crippen LogP contribution in [0.25, 0.3) is 108 Å². The van der Waals surface area contributed by atoms with Crippen LogP contribution in [0.15, 0.2) is 188 Å². The summed E-state index contributed by atoms with van der Waals surface area (Å²) in [5.74, 6) is 2.00. The van der Waals surface area contributed by atoms with Gasteiger partial charge in [0.05, 0.1) is 0 Å². The Bertz CT molecular complexity index is 3170. The fourth-order valence-corrected chi connectivity index (χ4v) is 10.2. The van der Waals surface area contributed by atoms with Crippen molar-refractivity contribution in [1.29, 1.82) is 0 Å². The molecule has 0 atom stereocenters. The van der Waals surface area contributed by atoms with Gasteiger partial charge in [0.15, 0.2) is 17.5 Å². The van der Waals surface area contributed by atoms with E-state index in [1.807, 2.05) is 83.3 Å². The number of benzene rings is 8. The van der Waals surface area contributed by atoms with E-state index in [-0.39, 0.29) is 0 Å². The smallest absolute Gasteiger partial charge is 0.164 e. The fraction of sp³-hybridized carbons (Fsp3) is 0. The lowest BCUT2D eigenvalue weighted by Gasteiger charge is -2.11. The molecule has 11 rings (SSSR count). The zero-order valence-corrected chi connectivity index (χ0v) is 31.7. The number of hydrogen-bond acceptors (Lipinski definition) is 5. The Kier molecular flexibility index (Phi) is 7.87. The Morgan fingerprint density at radius 1 is 0.286 bits per heavy atom. The molecule has 0 aliphatic carbocycles. The third-order valence-electron chi connectivity index (χ3n) is 10.6. The van der Waals surface area contributed by atoms with E-state index < -0.39 is 0 Å². The first kappa shape index (κ1) is 32.6. The largest absolute Gasteiger partial charge is 0.208 e. The molecule has 0 saturated carbocycles. The maximum absolute atomic E-state index is 4.99. The molecule has 8 aromatic carbocycles. The van der Waals surface area contributed by atoms with Crippen LogP contribution in [0.2, 0.25) is 0 Å². The molecule has 0 saturated heterocycles. The zero-order chi connectivity index (χ0) is 37.0. The van der Waals surface area contributed by atoms with Crippen molar-refractivity contribution >= 4 is 63.0 Å². The molecule has 11 aromatic rings. The van der Waals surface area contributed by atoms with Crippen LogP contribution in [0.1, 0.15) is 0 Å². The van der Waals surface area contributed by atoms with Gasteiger partial charge in [-0.3, -0.25) is 0 Å². The van der Waals surface area contributed by atoms with Gasteiger partial charge in [-0.15, -0.1) is 22.7 Å². The van der Waals surface area contributed by atoms with Gasteiger partial charge in [-0.25, -0.2) is 15.0 Å². The number of thiophene rings is 2. The van der Waals surface area contributed by atoms with E-state index in [9.17, 15) is 0 Å². The normalized spacial score (nSPS) is 11.6. The van der Waals surface area contributed by atoms with Crippen LogP contribution >= 0.6 is 22.7 Å². The van der Waals surface area contributed by atoms with Gasteiger partial charge < -0.3 is 0 Å². The third kappa shape index (κ3) is 5.68. The van der Waals surface area contributed by atoms with Crippen LogP contribution in [-0.2, 0) is 0 Å². The number of nitrogens with zero attached hydrogens (tertiary/aromatic N) is 3. The van der Waals surface area contributed by atoms with Crippen molar-refractivity contribution in [3.8, 4) is 67.5 Å². The predicted octanol–water partition coefficient (Wildman–Crippen LogP) is 14.6. The van der Waals surface area contributed by atoms with E-state index in [0.717, 1.165) is 16.7 Å². The molecule has 56 heavy (non-hydrogen) atoms. The van der Waals surface area contributed by atoms with Crippen molar-refractivity contribution in [2.75, 3.05) is 0 Å². The van der Waals surface area contributed by atoms with Crippen molar-refractivity contribution in [1.82, 2.24) is 15.0 Å². The first-order valence-electron chi connectivity index (χ1n) is 18.7. The summed E-state index contributed by atoms with van der Waals surface area (Å²) in [5.41, 5.74) is 10.3. The second-order valence-electron chi connectivity index (χ2n) is 14.0. The molecule has 0 aliphatic rings. The monoisotopic (exact) mass is 749 g/mol. The number of rotatable bonds is 6. The summed E-state index contributed by atoms with van der Waals surface area (Å²) >= 11 is 3.70. The van der Waals surface area contributed by atoms with Crippen molar-refractivity contribution in [3.05, 3.63) is 188 Å². The van der Waals surface area contributed by atoms with Gasteiger partial charge >= 0.3 is 0 Å². The maximum Gasteiger partial charge on any atom is 0.164 e. The lowest BCUT2D eigenvalue weighted by atomic mass is 9.93. The standard InChI is InChI=1S/C51H31N3S2/c1-4-12-32(13-5-1)33-20-22-34(23-21-33)39-27-28-40(48-47(39)42-18-10-11-19-44(42)56-48)37-25-29-45-43(30-37)41-26-24-38(31-46(41)55-45)51-53-49(35-14-6-2-7-15-35)52-50(54-51)36-16-8-3-9-17-36/h1-31H. The zero-order valence-electron chi connectivity index (χ0n) is 30.1. The van der Waals surface area contributed by atoms with E-state index in [0.29, 0.717) is 17.5 Å². The summed E-state index contributed by atoms with van der Waals surface area (Å²) in [5, 5.41) is 5.11. The van der Waals surface area contributed by atoms with Crippen molar-refractivity contribution < 1.29 is 0 Å². The predicted molar refractivity (Wildman–Crippen MR) is 238 cm³/mol. The van der Waals surface area contributed by atoms with E-state index in [2.05, 4.69) is 127 Å². The van der Waals surface area contributed by atoms with Gasteiger partial charge in [0.1, 0.15) is 0 Å². The SMILES string of the molecule is c1ccc(-c2ccc(-c3ccc(-c4ccc5sc6cc(-c7nc(-c8ccccc8)nc(-c8ccccc8)n7)ccc6c5c4)c4sc5ccccc5c34)cc2)cc1. The molecule has 0 bridgehead atoms. The Hall–Kier alpha value is -6.79. The van der Waals surface area contributed by atoms with Gasteiger partial charge in [0.2, 0.25) is 0 Å². The van der Waals surface area contributed by atoms with E-state index in [4.69, 9.17) is 15.0 Å². The number of hydrogen-bond donors (Lipinski definition) is 0. The molecule has 0 aliphatic heterocycles. The van der Waals surface area contributed by atoms with Crippen molar-refractivity contribution in [2.24, 2.45) is 0 Å². The lowest BCUT2D eigenvalue weighted by molar-refractivity contribution is 1.07. The highest BCUT2D eigenvalue weighted by molar-refractivity contribution is 7.26. The van der Waals surface area contributed by atoms with Crippen LogP contribution in [-0.4, -0.2) is 15.0 Å². The summed E-state index contributed by atoms with van der Waals surface area (Å²) in [7, 11) is 0. The van der Waals surface area contributed by atoms with Crippen molar-refractivity contribution in [2.45, 2.75) is 0 Å². The molecule has 0 fully saturated rings. The van der Waals surface area contributed by atoms with Crippen molar-refractivity contribution in [3.63, 3.8) is 0 Å². The average molecular weight is 750 g/mol. The first-order valence-corrected chi connectivity index (χ1v) is 20.3. The molecule has 3 nitrogen and oxygen atoms in total. The maximum atomic E-state index is 4.99.